The highest BCUT2D eigenvalue weighted by molar-refractivity contribution is 7.92. The molecular formula is C16H15Cl3N2O3S. The molecule has 25 heavy (non-hydrogen) atoms. The molecule has 0 aliphatic heterocycles. The maximum Gasteiger partial charge on any atom is 0.261 e. The molecule has 9 heteroatoms. The number of amides is 1. The summed E-state index contributed by atoms with van der Waals surface area (Å²) < 4.78 is 27.6. The number of hydrogen-bond donors (Lipinski definition) is 2. The lowest BCUT2D eigenvalue weighted by Crippen LogP contribution is -2.24. The van der Waals surface area contributed by atoms with Crippen molar-refractivity contribution < 1.29 is 13.2 Å². The van der Waals surface area contributed by atoms with Crippen LogP contribution in [0.2, 0.25) is 15.1 Å². The minimum absolute atomic E-state index is 0.0681. The highest BCUT2D eigenvalue weighted by Crippen LogP contribution is 2.33. The number of carbonyl (C=O) groups excluding carboxylic acids is 1. The van der Waals surface area contributed by atoms with E-state index in [4.69, 9.17) is 34.8 Å². The molecule has 0 atom stereocenters. The highest BCUT2D eigenvalue weighted by Gasteiger charge is 2.20. The fraction of sp³-hybridized carbons (Fsp3) is 0.188. The molecule has 0 radical (unpaired) electrons. The van der Waals surface area contributed by atoms with Crippen molar-refractivity contribution in [2.45, 2.75) is 18.7 Å². The number of nitrogens with one attached hydrogen (secondary N) is 2. The van der Waals surface area contributed by atoms with E-state index >= 15 is 0 Å². The van der Waals surface area contributed by atoms with Crippen molar-refractivity contribution in [3.8, 4) is 0 Å². The zero-order valence-corrected chi connectivity index (χ0v) is 16.4. The SMILES string of the molecule is CCNC(=O)c1cc(S(=O)(=O)Nc2cc(Cl)c(Cl)cc2Cl)ccc1C. The number of sulfonamides is 1. The Kier molecular flexibility index (Phi) is 6.21. The van der Waals surface area contributed by atoms with Gasteiger partial charge in [0, 0.05) is 12.1 Å². The Morgan fingerprint density at radius 1 is 1.04 bits per heavy atom. The topological polar surface area (TPSA) is 75.3 Å². The van der Waals surface area contributed by atoms with Gasteiger partial charge in [-0.2, -0.15) is 0 Å². The molecule has 0 aliphatic rings. The molecule has 134 valence electrons. The normalized spacial score (nSPS) is 11.2. The van der Waals surface area contributed by atoms with Crippen molar-refractivity contribution in [1.82, 2.24) is 5.32 Å². The molecule has 0 saturated carbocycles. The molecule has 1 amide bonds. The van der Waals surface area contributed by atoms with Crippen LogP contribution >= 0.6 is 34.8 Å². The van der Waals surface area contributed by atoms with Crippen molar-refractivity contribution in [3.05, 3.63) is 56.5 Å². The van der Waals surface area contributed by atoms with E-state index in [0.717, 1.165) is 0 Å². The molecule has 0 saturated heterocycles. The first-order valence-corrected chi connectivity index (χ1v) is 9.83. The Morgan fingerprint density at radius 3 is 2.32 bits per heavy atom. The average Bonchev–Trinajstić information content (AvgIpc) is 2.52. The number of aryl methyl sites for hydroxylation is 1. The average molecular weight is 422 g/mol. The Hall–Kier alpha value is -1.47. The largest absolute Gasteiger partial charge is 0.352 e. The molecule has 2 N–H and O–H groups in total. The summed E-state index contributed by atoms with van der Waals surface area (Å²) in [5, 5.41) is 3.13. The molecule has 0 fully saturated rings. The molecule has 0 heterocycles. The van der Waals surface area contributed by atoms with Gasteiger partial charge in [0.25, 0.3) is 15.9 Å². The van der Waals surface area contributed by atoms with Crippen molar-refractivity contribution in [2.24, 2.45) is 0 Å². The third-order valence-corrected chi connectivity index (χ3v) is 5.75. The number of benzene rings is 2. The Balaban J connectivity index is 2.42. The predicted octanol–water partition coefficient (Wildman–Crippen LogP) is 4.51. The fourth-order valence-corrected chi connectivity index (χ4v) is 3.82. The minimum atomic E-state index is -3.97. The lowest BCUT2D eigenvalue weighted by atomic mass is 10.1. The van der Waals surface area contributed by atoms with Crippen LogP contribution in [0.3, 0.4) is 0 Å². The smallest absolute Gasteiger partial charge is 0.261 e. The standard InChI is InChI=1S/C16H15Cl3N2O3S/c1-3-20-16(22)11-6-10(5-4-9(11)2)25(23,24)21-15-8-13(18)12(17)7-14(15)19/h4-8,21H,3H2,1-2H3,(H,20,22). The number of halogens is 3. The van der Waals surface area contributed by atoms with Gasteiger partial charge >= 0.3 is 0 Å². The second kappa shape index (κ2) is 7.83. The summed E-state index contributed by atoms with van der Waals surface area (Å²) in [7, 11) is -3.97. The number of hydrogen-bond acceptors (Lipinski definition) is 3. The number of carbonyl (C=O) groups is 1. The van der Waals surface area contributed by atoms with Gasteiger partial charge in [-0.15, -0.1) is 0 Å². The molecule has 2 rings (SSSR count). The van der Waals surface area contributed by atoms with Gasteiger partial charge in [-0.25, -0.2) is 8.42 Å². The van der Waals surface area contributed by atoms with E-state index in [0.29, 0.717) is 12.1 Å². The van der Waals surface area contributed by atoms with E-state index in [-0.39, 0.29) is 37.1 Å². The zero-order valence-electron chi connectivity index (χ0n) is 13.4. The van der Waals surface area contributed by atoms with Gasteiger partial charge in [-0.3, -0.25) is 9.52 Å². The molecule has 0 aromatic heterocycles. The minimum Gasteiger partial charge on any atom is -0.352 e. The molecule has 2 aromatic rings. The second-order valence-corrected chi connectivity index (χ2v) is 8.09. The van der Waals surface area contributed by atoms with Crippen LogP contribution in [0.1, 0.15) is 22.8 Å². The fourth-order valence-electron chi connectivity index (χ4n) is 2.07. The summed E-state index contributed by atoms with van der Waals surface area (Å²) in [4.78, 5) is 12.0. The quantitative estimate of drug-likeness (QED) is 0.698. The van der Waals surface area contributed by atoms with E-state index in [1.54, 1.807) is 19.9 Å². The maximum atomic E-state index is 12.6. The van der Waals surface area contributed by atoms with Crippen LogP contribution in [-0.4, -0.2) is 20.9 Å². The van der Waals surface area contributed by atoms with E-state index < -0.39 is 10.0 Å². The van der Waals surface area contributed by atoms with Gasteiger partial charge in [0.15, 0.2) is 0 Å². The third kappa shape index (κ3) is 4.58. The summed E-state index contributed by atoms with van der Waals surface area (Å²) in [5.74, 6) is -0.343. The molecule has 0 aliphatic carbocycles. The van der Waals surface area contributed by atoms with Gasteiger partial charge in [-0.05, 0) is 43.7 Å². The van der Waals surface area contributed by atoms with Gasteiger partial charge in [0.05, 0.1) is 25.7 Å². The Morgan fingerprint density at radius 2 is 1.68 bits per heavy atom. The van der Waals surface area contributed by atoms with Gasteiger partial charge in [0.1, 0.15) is 0 Å². The second-order valence-electron chi connectivity index (χ2n) is 5.19. The van der Waals surface area contributed by atoms with Gasteiger partial charge in [0.2, 0.25) is 0 Å². The maximum absolute atomic E-state index is 12.6. The monoisotopic (exact) mass is 420 g/mol. The molecule has 0 bridgehead atoms. The van der Waals surface area contributed by atoms with E-state index in [1.807, 2.05) is 0 Å². The van der Waals surface area contributed by atoms with Gasteiger partial charge < -0.3 is 5.32 Å². The van der Waals surface area contributed by atoms with E-state index in [2.05, 4.69) is 10.0 Å². The first-order chi connectivity index (χ1) is 11.7. The van der Waals surface area contributed by atoms with Crippen LogP contribution in [0, 0.1) is 6.92 Å². The van der Waals surface area contributed by atoms with Crippen LogP contribution in [0.5, 0.6) is 0 Å². The van der Waals surface area contributed by atoms with Crippen LogP contribution in [0.25, 0.3) is 0 Å². The van der Waals surface area contributed by atoms with Crippen LogP contribution < -0.4 is 10.0 Å². The van der Waals surface area contributed by atoms with Crippen molar-refractivity contribution in [1.29, 1.82) is 0 Å². The Labute approximate surface area is 161 Å². The molecule has 2 aromatic carbocycles. The molecule has 0 unspecified atom stereocenters. The number of anilines is 1. The van der Waals surface area contributed by atoms with Crippen molar-refractivity contribution in [2.75, 3.05) is 11.3 Å². The number of rotatable bonds is 5. The van der Waals surface area contributed by atoms with Crippen molar-refractivity contribution >= 4 is 56.4 Å². The summed E-state index contributed by atoms with van der Waals surface area (Å²) in [6.07, 6.45) is 0. The highest BCUT2D eigenvalue weighted by atomic mass is 35.5. The van der Waals surface area contributed by atoms with Gasteiger partial charge in [-0.1, -0.05) is 40.9 Å². The summed E-state index contributed by atoms with van der Waals surface area (Å²) in [6, 6.07) is 6.96. The van der Waals surface area contributed by atoms with E-state index in [1.165, 1.54) is 24.3 Å². The zero-order chi connectivity index (χ0) is 18.8. The molecule has 0 spiro atoms. The van der Waals surface area contributed by atoms with E-state index in [9.17, 15) is 13.2 Å². The van der Waals surface area contributed by atoms with Crippen LogP contribution in [0.4, 0.5) is 5.69 Å². The molecule has 5 nitrogen and oxygen atoms in total. The lowest BCUT2D eigenvalue weighted by Gasteiger charge is -2.13. The van der Waals surface area contributed by atoms with Crippen LogP contribution in [-0.2, 0) is 10.0 Å². The third-order valence-electron chi connectivity index (χ3n) is 3.36. The summed E-state index contributed by atoms with van der Waals surface area (Å²) in [6.45, 7) is 3.94. The summed E-state index contributed by atoms with van der Waals surface area (Å²) in [5.41, 5.74) is 1.04. The molecular weight excluding hydrogens is 407 g/mol. The lowest BCUT2D eigenvalue weighted by molar-refractivity contribution is 0.0955. The van der Waals surface area contributed by atoms with Crippen LogP contribution in [0.15, 0.2) is 35.2 Å². The van der Waals surface area contributed by atoms with Crippen molar-refractivity contribution in [3.63, 3.8) is 0 Å². The first kappa shape index (κ1) is 19.8. The Bertz CT molecular complexity index is 930. The summed E-state index contributed by atoms with van der Waals surface area (Å²) >= 11 is 17.8. The predicted molar refractivity (Wildman–Crippen MR) is 101 cm³/mol. The first-order valence-electron chi connectivity index (χ1n) is 7.22.